The molecule has 1 aliphatic rings. The molecule has 2 aromatic carbocycles. The zero-order chi connectivity index (χ0) is 17.4. The molecule has 0 radical (unpaired) electrons. The van der Waals surface area contributed by atoms with Gasteiger partial charge in [0.2, 0.25) is 9.84 Å². The summed E-state index contributed by atoms with van der Waals surface area (Å²) in [5, 5.41) is 0.593. The van der Waals surface area contributed by atoms with Crippen LogP contribution in [0, 0.1) is 0 Å². The largest absolute Gasteiger partial charge is 0.463 e. The second-order valence-corrected chi connectivity index (χ2v) is 8.68. The van der Waals surface area contributed by atoms with Crippen LogP contribution in [0.15, 0.2) is 67.4 Å². The molecule has 1 aromatic heterocycles. The molecule has 0 bridgehead atoms. The van der Waals surface area contributed by atoms with Gasteiger partial charge in [-0.25, -0.2) is 8.42 Å². The highest BCUT2D eigenvalue weighted by molar-refractivity contribution is 9.10. The number of nitrogens with zero attached hydrogens (tertiary/aromatic N) is 1. The average Bonchev–Trinajstić information content (AvgIpc) is 3.07. The van der Waals surface area contributed by atoms with Crippen molar-refractivity contribution < 1.29 is 17.6 Å². The SMILES string of the molecule is O=S(=O)(c1cc(Br)cc(N2CCOCC2)c1)c1coc2ccccc12. The van der Waals surface area contributed by atoms with E-state index in [0.717, 1.165) is 23.2 Å². The number of halogens is 1. The van der Waals surface area contributed by atoms with Gasteiger partial charge in [-0.2, -0.15) is 0 Å². The van der Waals surface area contributed by atoms with E-state index in [1.807, 2.05) is 12.1 Å². The van der Waals surface area contributed by atoms with Crippen LogP contribution in [0.3, 0.4) is 0 Å². The Bertz CT molecular complexity index is 1020. The first-order valence-corrected chi connectivity index (χ1v) is 10.2. The quantitative estimate of drug-likeness (QED) is 0.642. The summed E-state index contributed by atoms with van der Waals surface area (Å²) in [6.07, 6.45) is 1.31. The minimum Gasteiger partial charge on any atom is -0.463 e. The predicted molar refractivity (Wildman–Crippen MR) is 98.8 cm³/mol. The number of hydrogen-bond donors (Lipinski definition) is 0. The van der Waals surface area contributed by atoms with Gasteiger partial charge in [-0.3, -0.25) is 0 Å². The van der Waals surface area contributed by atoms with Gasteiger partial charge < -0.3 is 14.1 Å². The van der Waals surface area contributed by atoms with Gasteiger partial charge in [-0.1, -0.05) is 28.1 Å². The molecule has 1 saturated heterocycles. The van der Waals surface area contributed by atoms with E-state index in [9.17, 15) is 8.42 Å². The van der Waals surface area contributed by atoms with E-state index in [1.165, 1.54) is 6.26 Å². The Morgan fingerprint density at radius 1 is 1.04 bits per heavy atom. The Morgan fingerprint density at radius 2 is 1.80 bits per heavy atom. The summed E-state index contributed by atoms with van der Waals surface area (Å²) in [7, 11) is -3.69. The van der Waals surface area contributed by atoms with Crippen LogP contribution in [0.4, 0.5) is 5.69 Å². The Hall–Kier alpha value is -1.83. The topological polar surface area (TPSA) is 59.8 Å². The van der Waals surface area contributed by atoms with Crippen LogP contribution >= 0.6 is 15.9 Å². The first-order chi connectivity index (χ1) is 12.1. The van der Waals surface area contributed by atoms with Crippen molar-refractivity contribution in [2.45, 2.75) is 9.79 Å². The minimum absolute atomic E-state index is 0.189. The van der Waals surface area contributed by atoms with Crippen molar-refractivity contribution in [3.63, 3.8) is 0 Å². The standard InChI is InChI=1S/C18H16BrNO4S/c19-13-9-14(20-5-7-23-8-6-20)11-15(10-13)25(21,22)18-12-24-17-4-2-1-3-16(17)18/h1-4,9-12H,5-8H2. The molecule has 0 atom stereocenters. The highest BCUT2D eigenvalue weighted by Gasteiger charge is 2.24. The van der Waals surface area contributed by atoms with Crippen molar-refractivity contribution in [3.05, 3.63) is 53.2 Å². The van der Waals surface area contributed by atoms with Gasteiger partial charge in [0.05, 0.1) is 18.1 Å². The molecule has 1 fully saturated rings. The molecular weight excluding hydrogens is 406 g/mol. The summed E-state index contributed by atoms with van der Waals surface area (Å²) in [5.41, 5.74) is 1.42. The van der Waals surface area contributed by atoms with Gasteiger partial charge in [0.15, 0.2) is 0 Å². The summed E-state index contributed by atoms with van der Waals surface area (Å²) in [5.74, 6) is 0. The molecule has 0 saturated carbocycles. The third-order valence-electron chi connectivity index (χ3n) is 4.28. The molecule has 3 aromatic rings. The van der Waals surface area contributed by atoms with Crippen LogP contribution in [0.5, 0.6) is 0 Å². The molecular formula is C18H16BrNO4S. The first kappa shape index (κ1) is 16.6. The van der Waals surface area contributed by atoms with Crippen LogP contribution in [0.1, 0.15) is 0 Å². The van der Waals surface area contributed by atoms with E-state index in [2.05, 4.69) is 20.8 Å². The van der Waals surface area contributed by atoms with E-state index in [-0.39, 0.29) is 9.79 Å². The lowest BCUT2D eigenvalue weighted by molar-refractivity contribution is 0.122. The van der Waals surface area contributed by atoms with Crippen LogP contribution in [-0.2, 0) is 14.6 Å². The van der Waals surface area contributed by atoms with Gasteiger partial charge in [0.1, 0.15) is 16.7 Å². The number of ether oxygens (including phenoxy) is 1. The number of fused-ring (bicyclic) bond motifs is 1. The molecule has 4 rings (SSSR count). The lowest BCUT2D eigenvalue weighted by Crippen LogP contribution is -2.36. The van der Waals surface area contributed by atoms with Gasteiger partial charge in [0.25, 0.3) is 0 Å². The number of sulfone groups is 1. The van der Waals surface area contributed by atoms with E-state index < -0.39 is 9.84 Å². The van der Waals surface area contributed by atoms with Crippen LogP contribution < -0.4 is 4.90 Å². The van der Waals surface area contributed by atoms with Crippen molar-refractivity contribution in [2.24, 2.45) is 0 Å². The molecule has 25 heavy (non-hydrogen) atoms. The Labute approximate surface area is 154 Å². The van der Waals surface area contributed by atoms with E-state index in [0.29, 0.717) is 24.2 Å². The van der Waals surface area contributed by atoms with E-state index in [4.69, 9.17) is 9.15 Å². The van der Waals surface area contributed by atoms with Gasteiger partial charge in [0, 0.05) is 28.6 Å². The number of morpholine rings is 1. The first-order valence-electron chi connectivity index (χ1n) is 7.90. The van der Waals surface area contributed by atoms with Gasteiger partial charge >= 0.3 is 0 Å². The monoisotopic (exact) mass is 421 g/mol. The molecule has 0 amide bonds. The third kappa shape index (κ3) is 3.07. The summed E-state index contributed by atoms with van der Waals surface area (Å²) >= 11 is 3.44. The highest BCUT2D eigenvalue weighted by Crippen LogP contribution is 2.33. The van der Waals surface area contributed by atoms with Crippen molar-refractivity contribution in [2.75, 3.05) is 31.2 Å². The zero-order valence-electron chi connectivity index (χ0n) is 13.3. The molecule has 2 heterocycles. The summed E-state index contributed by atoms with van der Waals surface area (Å²) < 4.78 is 37.9. The fraction of sp³-hybridized carbons (Fsp3) is 0.222. The van der Waals surface area contributed by atoms with Crippen molar-refractivity contribution in [3.8, 4) is 0 Å². The zero-order valence-corrected chi connectivity index (χ0v) is 15.7. The lowest BCUT2D eigenvalue weighted by Gasteiger charge is -2.29. The van der Waals surface area contributed by atoms with Crippen LogP contribution in [-0.4, -0.2) is 34.7 Å². The molecule has 5 nitrogen and oxygen atoms in total. The number of hydrogen-bond acceptors (Lipinski definition) is 5. The number of rotatable bonds is 3. The molecule has 7 heteroatoms. The summed E-state index contributed by atoms with van der Waals surface area (Å²) in [6, 6.07) is 12.4. The fourth-order valence-electron chi connectivity index (χ4n) is 3.00. The summed E-state index contributed by atoms with van der Waals surface area (Å²) in [4.78, 5) is 2.56. The number of anilines is 1. The molecule has 130 valence electrons. The third-order valence-corrected chi connectivity index (χ3v) is 6.49. The van der Waals surface area contributed by atoms with Crippen molar-refractivity contribution >= 4 is 42.4 Å². The van der Waals surface area contributed by atoms with E-state index in [1.54, 1.807) is 30.3 Å². The lowest BCUT2D eigenvalue weighted by atomic mass is 10.2. The molecule has 0 aliphatic carbocycles. The number of benzene rings is 2. The maximum Gasteiger partial charge on any atom is 0.210 e. The fourth-order valence-corrected chi connectivity index (χ4v) is 5.07. The summed E-state index contributed by atoms with van der Waals surface area (Å²) in [6.45, 7) is 2.76. The molecule has 1 aliphatic heterocycles. The smallest absolute Gasteiger partial charge is 0.210 e. The van der Waals surface area contributed by atoms with Crippen molar-refractivity contribution in [1.29, 1.82) is 0 Å². The van der Waals surface area contributed by atoms with Crippen LogP contribution in [0.25, 0.3) is 11.0 Å². The second kappa shape index (κ2) is 6.48. The highest BCUT2D eigenvalue weighted by atomic mass is 79.9. The van der Waals surface area contributed by atoms with Crippen molar-refractivity contribution in [1.82, 2.24) is 0 Å². The Morgan fingerprint density at radius 3 is 2.60 bits per heavy atom. The second-order valence-electron chi connectivity index (χ2n) is 5.84. The number of para-hydroxylation sites is 1. The normalized spacial score (nSPS) is 15.6. The predicted octanol–water partition coefficient (Wildman–Crippen LogP) is 3.86. The van der Waals surface area contributed by atoms with Gasteiger partial charge in [-0.15, -0.1) is 0 Å². The Kier molecular flexibility index (Phi) is 4.31. The number of furan rings is 1. The maximum atomic E-state index is 13.2. The maximum absolute atomic E-state index is 13.2. The Balaban J connectivity index is 1.81. The average molecular weight is 422 g/mol. The molecule has 0 spiro atoms. The van der Waals surface area contributed by atoms with E-state index >= 15 is 0 Å². The minimum atomic E-state index is -3.69. The molecule has 0 unspecified atom stereocenters. The molecule has 0 N–H and O–H groups in total. The van der Waals surface area contributed by atoms with Gasteiger partial charge in [-0.05, 0) is 30.3 Å². The van der Waals surface area contributed by atoms with Crippen LogP contribution in [0.2, 0.25) is 0 Å².